The molecule has 1 aromatic carbocycles. The Labute approximate surface area is 98.7 Å². The highest BCUT2D eigenvalue weighted by atomic mass is 16.3. The predicted molar refractivity (Wildman–Crippen MR) is 62.4 cm³/mol. The number of hydrogen-bond acceptors (Lipinski definition) is 4. The van der Waals surface area contributed by atoms with E-state index in [1.807, 2.05) is 6.92 Å². The molecule has 0 spiro atoms. The van der Waals surface area contributed by atoms with E-state index < -0.39 is 0 Å². The number of aromatic hydroxyl groups is 1. The van der Waals surface area contributed by atoms with Crippen molar-refractivity contribution >= 4 is 6.29 Å². The smallest absolute Gasteiger partial charge is 0.172 e. The number of nitrogens with zero attached hydrogens (tertiary/aromatic N) is 3. The van der Waals surface area contributed by atoms with Gasteiger partial charge in [0.15, 0.2) is 6.29 Å². The fourth-order valence-corrected chi connectivity index (χ4v) is 1.68. The van der Waals surface area contributed by atoms with E-state index in [1.54, 1.807) is 28.9 Å². The molecule has 17 heavy (non-hydrogen) atoms. The van der Waals surface area contributed by atoms with Crippen molar-refractivity contribution in [3.63, 3.8) is 0 Å². The molecule has 1 heterocycles. The van der Waals surface area contributed by atoms with Crippen LogP contribution in [0.2, 0.25) is 0 Å². The molecule has 5 nitrogen and oxygen atoms in total. The van der Waals surface area contributed by atoms with Gasteiger partial charge in [-0.15, -0.1) is 5.10 Å². The van der Waals surface area contributed by atoms with Gasteiger partial charge in [-0.1, -0.05) is 18.6 Å². The lowest BCUT2D eigenvalue weighted by molar-refractivity contribution is 0.111. The van der Waals surface area contributed by atoms with E-state index in [0.29, 0.717) is 5.69 Å². The Hall–Kier alpha value is -2.17. The van der Waals surface area contributed by atoms with Crippen molar-refractivity contribution in [3.05, 3.63) is 35.7 Å². The summed E-state index contributed by atoms with van der Waals surface area (Å²) < 4.78 is 1.63. The molecule has 0 aliphatic rings. The SMILES string of the molecule is CCCc1c(C=O)nnn1-c1ccc(O)cc1. The summed E-state index contributed by atoms with van der Waals surface area (Å²) in [4.78, 5) is 10.8. The zero-order valence-electron chi connectivity index (χ0n) is 9.50. The summed E-state index contributed by atoms with van der Waals surface area (Å²) in [6.45, 7) is 2.03. The first-order chi connectivity index (χ1) is 8.26. The van der Waals surface area contributed by atoms with Crippen molar-refractivity contribution in [1.82, 2.24) is 15.0 Å². The molecule has 5 heteroatoms. The summed E-state index contributed by atoms with van der Waals surface area (Å²) in [5.41, 5.74) is 1.96. The van der Waals surface area contributed by atoms with Gasteiger partial charge in [-0.2, -0.15) is 0 Å². The molecular formula is C12H13N3O2. The Morgan fingerprint density at radius 1 is 1.35 bits per heavy atom. The van der Waals surface area contributed by atoms with Gasteiger partial charge in [0, 0.05) is 0 Å². The fraction of sp³-hybridized carbons (Fsp3) is 0.250. The normalized spacial score (nSPS) is 10.4. The van der Waals surface area contributed by atoms with Gasteiger partial charge in [0.2, 0.25) is 0 Å². The van der Waals surface area contributed by atoms with Crippen LogP contribution in [0.25, 0.3) is 5.69 Å². The predicted octanol–water partition coefficient (Wildman–Crippen LogP) is 1.74. The van der Waals surface area contributed by atoms with Gasteiger partial charge in [0.25, 0.3) is 0 Å². The van der Waals surface area contributed by atoms with Crippen LogP contribution in [0, 0.1) is 0 Å². The highest BCUT2D eigenvalue weighted by Gasteiger charge is 2.12. The van der Waals surface area contributed by atoms with Gasteiger partial charge < -0.3 is 5.11 Å². The largest absolute Gasteiger partial charge is 0.508 e. The van der Waals surface area contributed by atoms with E-state index in [9.17, 15) is 9.90 Å². The molecule has 0 aliphatic carbocycles. The third-order valence-corrected chi connectivity index (χ3v) is 2.49. The molecule has 1 aromatic heterocycles. The second-order valence-corrected chi connectivity index (χ2v) is 3.72. The maximum absolute atomic E-state index is 10.8. The van der Waals surface area contributed by atoms with Crippen molar-refractivity contribution in [3.8, 4) is 11.4 Å². The van der Waals surface area contributed by atoms with Gasteiger partial charge in [0.1, 0.15) is 11.4 Å². The highest BCUT2D eigenvalue weighted by Crippen LogP contribution is 2.16. The Balaban J connectivity index is 2.47. The monoisotopic (exact) mass is 231 g/mol. The molecule has 0 radical (unpaired) electrons. The summed E-state index contributed by atoms with van der Waals surface area (Å²) in [5, 5.41) is 17.0. The number of aldehydes is 1. The molecule has 2 rings (SSSR count). The third-order valence-electron chi connectivity index (χ3n) is 2.49. The second-order valence-electron chi connectivity index (χ2n) is 3.72. The van der Waals surface area contributed by atoms with Crippen LogP contribution in [-0.2, 0) is 6.42 Å². The summed E-state index contributed by atoms with van der Waals surface area (Å²) in [7, 11) is 0. The zero-order valence-corrected chi connectivity index (χ0v) is 9.50. The second kappa shape index (κ2) is 4.78. The third kappa shape index (κ3) is 2.18. The summed E-state index contributed by atoms with van der Waals surface area (Å²) >= 11 is 0. The molecule has 88 valence electrons. The number of phenolic OH excluding ortho intramolecular Hbond substituents is 1. The van der Waals surface area contributed by atoms with E-state index in [-0.39, 0.29) is 5.75 Å². The number of aromatic nitrogens is 3. The molecule has 0 amide bonds. The quantitative estimate of drug-likeness (QED) is 0.814. The van der Waals surface area contributed by atoms with Crippen molar-refractivity contribution in [2.75, 3.05) is 0 Å². The zero-order chi connectivity index (χ0) is 12.3. The molecular weight excluding hydrogens is 218 g/mol. The van der Waals surface area contributed by atoms with E-state index in [2.05, 4.69) is 10.3 Å². The van der Waals surface area contributed by atoms with Crippen LogP contribution in [0.3, 0.4) is 0 Å². The highest BCUT2D eigenvalue weighted by molar-refractivity contribution is 5.73. The van der Waals surface area contributed by atoms with E-state index in [1.165, 1.54) is 0 Å². The van der Waals surface area contributed by atoms with E-state index >= 15 is 0 Å². The lowest BCUT2D eigenvalue weighted by Crippen LogP contribution is -2.03. The van der Waals surface area contributed by atoms with Crippen LogP contribution >= 0.6 is 0 Å². The van der Waals surface area contributed by atoms with Crippen LogP contribution in [0.15, 0.2) is 24.3 Å². The van der Waals surface area contributed by atoms with Crippen LogP contribution < -0.4 is 0 Å². The molecule has 2 aromatic rings. The molecule has 0 saturated carbocycles. The van der Waals surface area contributed by atoms with Crippen LogP contribution in [0.5, 0.6) is 5.75 Å². The van der Waals surface area contributed by atoms with Crippen LogP contribution in [-0.4, -0.2) is 26.4 Å². The summed E-state index contributed by atoms with van der Waals surface area (Å²) in [6.07, 6.45) is 2.36. The number of phenols is 1. The molecule has 0 unspecified atom stereocenters. The Bertz CT molecular complexity index is 517. The number of carbonyl (C=O) groups is 1. The molecule has 1 N–H and O–H groups in total. The number of rotatable bonds is 4. The molecule has 0 atom stereocenters. The van der Waals surface area contributed by atoms with Gasteiger partial charge >= 0.3 is 0 Å². The lowest BCUT2D eigenvalue weighted by Gasteiger charge is -2.05. The van der Waals surface area contributed by atoms with Crippen molar-refractivity contribution in [2.24, 2.45) is 0 Å². The Kier molecular flexibility index (Phi) is 3.18. The first kappa shape index (κ1) is 11.3. The minimum atomic E-state index is 0.196. The number of carbonyl (C=O) groups excluding carboxylic acids is 1. The summed E-state index contributed by atoms with van der Waals surface area (Å²) in [5.74, 6) is 0.196. The maximum Gasteiger partial charge on any atom is 0.172 e. The molecule has 0 bridgehead atoms. The minimum absolute atomic E-state index is 0.196. The van der Waals surface area contributed by atoms with E-state index in [4.69, 9.17) is 0 Å². The fourth-order valence-electron chi connectivity index (χ4n) is 1.68. The van der Waals surface area contributed by atoms with Crippen molar-refractivity contribution < 1.29 is 9.90 Å². The van der Waals surface area contributed by atoms with Crippen LogP contribution in [0.4, 0.5) is 0 Å². The van der Waals surface area contributed by atoms with Crippen LogP contribution in [0.1, 0.15) is 29.5 Å². The first-order valence-corrected chi connectivity index (χ1v) is 5.45. The molecule has 0 aliphatic heterocycles. The lowest BCUT2D eigenvalue weighted by atomic mass is 10.2. The van der Waals surface area contributed by atoms with Crippen molar-refractivity contribution in [2.45, 2.75) is 19.8 Å². The maximum atomic E-state index is 10.8. The number of hydrogen-bond donors (Lipinski definition) is 1. The van der Waals surface area contributed by atoms with E-state index in [0.717, 1.165) is 30.5 Å². The summed E-state index contributed by atoms with van der Waals surface area (Å²) in [6, 6.07) is 6.62. The minimum Gasteiger partial charge on any atom is -0.508 e. The van der Waals surface area contributed by atoms with Gasteiger partial charge in [-0.3, -0.25) is 4.79 Å². The molecule has 0 fully saturated rings. The molecule has 0 saturated heterocycles. The number of benzene rings is 1. The van der Waals surface area contributed by atoms with Gasteiger partial charge in [-0.05, 0) is 30.7 Å². The average molecular weight is 231 g/mol. The average Bonchev–Trinajstić information content (AvgIpc) is 2.74. The standard InChI is InChI=1S/C12H13N3O2/c1-2-3-12-11(8-16)13-14-15(12)9-4-6-10(17)7-5-9/h4-8,17H,2-3H2,1H3. The topological polar surface area (TPSA) is 68.0 Å². The van der Waals surface area contributed by atoms with Gasteiger partial charge in [-0.25, -0.2) is 4.68 Å². The van der Waals surface area contributed by atoms with Crippen molar-refractivity contribution in [1.29, 1.82) is 0 Å². The Morgan fingerprint density at radius 2 is 2.06 bits per heavy atom. The van der Waals surface area contributed by atoms with Gasteiger partial charge in [0.05, 0.1) is 11.4 Å². The first-order valence-electron chi connectivity index (χ1n) is 5.45. The Morgan fingerprint density at radius 3 is 2.65 bits per heavy atom.